The molecular weight excluding hydrogens is 372 g/mol. The molecule has 1 amide bonds. The summed E-state index contributed by atoms with van der Waals surface area (Å²) >= 11 is 0. The van der Waals surface area contributed by atoms with E-state index in [-0.39, 0.29) is 18.4 Å². The maximum absolute atomic E-state index is 12.5. The molecule has 152 valence electrons. The minimum absolute atomic E-state index is 0.000859. The van der Waals surface area contributed by atoms with Gasteiger partial charge in [0, 0.05) is 29.6 Å². The van der Waals surface area contributed by atoms with Crippen LogP contribution in [0.15, 0.2) is 85.1 Å². The van der Waals surface area contributed by atoms with Gasteiger partial charge in [-0.1, -0.05) is 67.6 Å². The van der Waals surface area contributed by atoms with Crippen LogP contribution in [0.5, 0.6) is 5.75 Å². The van der Waals surface area contributed by atoms with E-state index in [2.05, 4.69) is 41.5 Å². The van der Waals surface area contributed by atoms with E-state index >= 15 is 0 Å². The highest BCUT2D eigenvalue weighted by Crippen LogP contribution is 2.30. The fraction of sp³-hybridized carbons (Fsp3) is 0.192. The Morgan fingerprint density at radius 3 is 2.47 bits per heavy atom. The third kappa shape index (κ3) is 4.54. The smallest absolute Gasteiger partial charge is 0.257 e. The molecule has 4 heteroatoms. The van der Waals surface area contributed by atoms with E-state index in [0.29, 0.717) is 12.3 Å². The molecule has 3 aromatic carbocycles. The standard InChI is InChI=1S/C26H26N2O2/c1-2-19-12-14-21(15-13-19)30-18-26(29)28-16-23(20-8-4-3-5-9-20)24-17-27-25-11-7-6-10-22(24)25/h3-15,17,23,27H,2,16,18H2,1H3,(H,28,29)/t23-/m0/s1. The molecule has 0 saturated heterocycles. The summed E-state index contributed by atoms with van der Waals surface area (Å²) in [6, 6.07) is 26.4. The monoisotopic (exact) mass is 398 g/mol. The fourth-order valence-electron chi connectivity index (χ4n) is 3.71. The normalized spacial score (nSPS) is 11.9. The predicted octanol–water partition coefficient (Wildman–Crippen LogP) is 5.06. The molecule has 0 fully saturated rings. The van der Waals surface area contributed by atoms with E-state index in [1.54, 1.807) is 0 Å². The van der Waals surface area contributed by atoms with Gasteiger partial charge in [0.25, 0.3) is 5.91 Å². The van der Waals surface area contributed by atoms with Crippen LogP contribution in [0.3, 0.4) is 0 Å². The first-order chi connectivity index (χ1) is 14.7. The number of H-pyrrole nitrogens is 1. The van der Waals surface area contributed by atoms with Crippen molar-refractivity contribution in [1.82, 2.24) is 10.3 Å². The number of carbonyl (C=O) groups excluding carboxylic acids is 1. The van der Waals surface area contributed by atoms with Crippen molar-refractivity contribution < 1.29 is 9.53 Å². The van der Waals surface area contributed by atoms with E-state index in [4.69, 9.17) is 4.74 Å². The Morgan fingerprint density at radius 2 is 1.70 bits per heavy atom. The van der Waals surface area contributed by atoms with Crippen LogP contribution in [0.25, 0.3) is 10.9 Å². The highest BCUT2D eigenvalue weighted by atomic mass is 16.5. The van der Waals surface area contributed by atoms with Gasteiger partial charge in [-0.3, -0.25) is 4.79 Å². The average molecular weight is 399 g/mol. The number of aromatic nitrogens is 1. The zero-order chi connectivity index (χ0) is 20.8. The molecule has 0 aliphatic rings. The van der Waals surface area contributed by atoms with Gasteiger partial charge in [-0.25, -0.2) is 0 Å². The van der Waals surface area contributed by atoms with Gasteiger partial charge in [-0.2, -0.15) is 0 Å². The largest absolute Gasteiger partial charge is 0.484 e. The van der Waals surface area contributed by atoms with Gasteiger partial charge in [0.05, 0.1) is 0 Å². The van der Waals surface area contributed by atoms with Crippen molar-refractivity contribution in [3.63, 3.8) is 0 Å². The molecule has 0 bridgehead atoms. The molecule has 0 saturated carbocycles. The van der Waals surface area contributed by atoms with Crippen LogP contribution >= 0.6 is 0 Å². The summed E-state index contributed by atoms with van der Waals surface area (Å²) in [7, 11) is 0. The van der Waals surface area contributed by atoms with E-state index in [0.717, 1.165) is 11.9 Å². The molecule has 4 nitrogen and oxygen atoms in total. The lowest BCUT2D eigenvalue weighted by atomic mass is 9.91. The van der Waals surface area contributed by atoms with Crippen LogP contribution in [-0.2, 0) is 11.2 Å². The Kier molecular flexibility index (Phi) is 6.14. The van der Waals surface area contributed by atoms with Crippen LogP contribution in [0.2, 0.25) is 0 Å². The van der Waals surface area contributed by atoms with Crippen molar-refractivity contribution in [1.29, 1.82) is 0 Å². The number of benzene rings is 3. The summed E-state index contributed by atoms with van der Waals surface area (Å²) in [5, 5.41) is 4.22. The Bertz CT molecular complexity index is 1100. The van der Waals surface area contributed by atoms with Crippen molar-refractivity contribution in [2.24, 2.45) is 0 Å². The van der Waals surface area contributed by atoms with Gasteiger partial charge in [0.1, 0.15) is 5.75 Å². The van der Waals surface area contributed by atoms with Gasteiger partial charge in [-0.15, -0.1) is 0 Å². The van der Waals surface area contributed by atoms with Gasteiger partial charge in [0.2, 0.25) is 0 Å². The van der Waals surface area contributed by atoms with Crippen molar-refractivity contribution in [2.45, 2.75) is 19.3 Å². The number of amides is 1. The lowest BCUT2D eigenvalue weighted by Crippen LogP contribution is -2.32. The predicted molar refractivity (Wildman–Crippen MR) is 121 cm³/mol. The molecule has 2 N–H and O–H groups in total. The van der Waals surface area contributed by atoms with E-state index in [1.807, 2.05) is 60.8 Å². The summed E-state index contributed by atoms with van der Waals surface area (Å²) in [6.45, 7) is 2.61. The second-order valence-corrected chi connectivity index (χ2v) is 7.34. The first-order valence-corrected chi connectivity index (χ1v) is 10.3. The van der Waals surface area contributed by atoms with Crippen LogP contribution < -0.4 is 10.1 Å². The summed E-state index contributed by atoms with van der Waals surface area (Å²) < 4.78 is 5.65. The maximum Gasteiger partial charge on any atom is 0.257 e. The molecule has 0 spiro atoms. The highest BCUT2D eigenvalue weighted by molar-refractivity contribution is 5.84. The molecule has 4 aromatic rings. The van der Waals surface area contributed by atoms with E-state index in [9.17, 15) is 4.79 Å². The number of nitrogens with one attached hydrogen (secondary N) is 2. The van der Waals surface area contributed by atoms with Gasteiger partial charge >= 0.3 is 0 Å². The van der Waals surface area contributed by atoms with Crippen molar-refractivity contribution in [2.75, 3.05) is 13.2 Å². The molecule has 4 rings (SSSR count). The van der Waals surface area contributed by atoms with E-state index in [1.165, 1.54) is 22.1 Å². The highest BCUT2D eigenvalue weighted by Gasteiger charge is 2.19. The number of aromatic amines is 1. The van der Waals surface area contributed by atoms with Crippen molar-refractivity contribution >= 4 is 16.8 Å². The third-order valence-corrected chi connectivity index (χ3v) is 5.40. The third-order valence-electron chi connectivity index (χ3n) is 5.40. The molecule has 0 aliphatic carbocycles. The zero-order valence-electron chi connectivity index (χ0n) is 17.1. The first kappa shape index (κ1) is 19.8. The number of aryl methyl sites for hydroxylation is 1. The molecule has 0 unspecified atom stereocenters. The number of carbonyl (C=O) groups is 1. The zero-order valence-corrected chi connectivity index (χ0v) is 17.1. The summed E-state index contributed by atoms with van der Waals surface area (Å²) in [5.41, 5.74) is 4.68. The Morgan fingerprint density at radius 1 is 0.967 bits per heavy atom. The quantitative estimate of drug-likeness (QED) is 0.436. The summed E-state index contributed by atoms with van der Waals surface area (Å²) in [5.74, 6) is 0.629. The van der Waals surface area contributed by atoms with Gasteiger partial charge in [0.15, 0.2) is 6.61 Å². The van der Waals surface area contributed by atoms with Crippen LogP contribution in [-0.4, -0.2) is 24.0 Å². The van der Waals surface area contributed by atoms with Gasteiger partial charge in [-0.05, 0) is 41.3 Å². The van der Waals surface area contributed by atoms with Crippen molar-refractivity contribution in [3.8, 4) is 5.75 Å². The summed E-state index contributed by atoms with van der Waals surface area (Å²) in [4.78, 5) is 15.8. The average Bonchev–Trinajstić information content (AvgIpc) is 3.23. The van der Waals surface area contributed by atoms with Crippen LogP contribution in [0.4, 0.5) is 0 Å². The van der Waals surface area contributed by atoms with Crippen molar-refractivity contribution in [3.05, 3.63) is 102 Å². The lowest BCUT2D eigenvalue weighted by Gasteiger charge is -2.18. The second kappa shape index (κ2) is 9.31. The van der Waals surface area contributed by atoms with Crippen LogP contribution in [0, 0.1) is 0 Å². The number of fused-ring (bicyclic) bond motifs is 1. The minimum atomic E-state index is -0.129. The number of rotatable bonds is 8. The molecule has 0 aliphatic heterocycles. The number of hydrogen-bond acceptors (Lipinski definition) is 2. The maximum atomic E-state index is 12.5. The molecule has 30 heavy (non-hydrogen) atoms. The molecule has 1 aromatic heterocycles. The Labute approximate surface area is 176 Å². The van der Waals surface area contributed by atoms with Crippen LogP contribution in [0.1, 0.15) is 29.5 Å². The minimum Gasteiger partial charge on any atom is -0.484 e. The molecule has 1 heterocycles. The Balaban J connectivity index is 1.45. The topological polar surface area (TPSA) is 54.1 Å². The second-order valence-electron chi connectivity index (χ2n) is 7.34. The molecule has 1 atom stereocenters. The first-order valence-electron chi connectivity index (χ1n) is 10.3. The summed E-state index contributed by atoms with van der Waals surface area (Å²) in [6.07, 6.45) is 3.02. The fourth-order valence-corrected chi connectivity index (χ4v) is 3.71. The number of para-hydroxylation sites is 1. The van der Waals surface area contributed by atoms with Gasteiger partial charge < -0.3 is 15.0 Å². The lowest BCUT2D eigenvalue weighted by molar-refractivity contribution is -0.123. The number of ether oxygens (including phenoxy) is 1. The molecular formula is C26H26N2O2. The Hall–Kier alpha value is -3.53. The SMILES string of the molecule is CCc1ccc(OCC(=O)NC[C@@H](c2ccccc2)c2c[nH]c3ccccc23)cc1. The van der Waals surface area contributed by atoms with E-state index < -0.39 is 0 Å². The number of hydrogen-bond donors (Lipinski definition) is 2. The molecule has 0 radical (unpaired) electrons.